The van der Waals surface area contributed by atoms with E-state index in [-0.39, 0.29) is 17.2 Å². The van der Waals surface area contributed by atoms with Gasteiger partial charge in [0.15, 0.2) is 0 Å². The van der Waals surface area contributed by atoms with E-state index in [4.69, 9.17) is 4.74 Å². The Hall–Kier alpha value is -1.49. The Labute approximate surface area is 173 Å². The second kappa shape index (κ2) is 10.7. The lowest BCUT2D eigenvalue weighted by atomic mass is 10.1. The van der Waals surface area contributed by atoms with E-state index in [2.05, 4.69) is 32.6 Å². The summed E-state index contributed by atoms with van der Waals surface area (Å²) in [7, 11) is -2.22. The number of rotatable bonds is 10. The average molecular weight is 502 g/mol. The summed E-state index contributed by atoms with van der Waals surface area (Å²) in [5, 5.41) is 2.77. The SMILES string of the molecule is COCCCNC(=O)[C@H](Cc1ccccc1)NS(=O)(=O)c1ccc(I)cc1. The number of hydrogen-bond donors (Lipinski definition) is 2. The second-order valence-electron chi connectivity index (χ2n) is 5.95. The molecule has 146 valence electrons. The largest absolute Gasteiger partial charge is 0.385 e. The van der Waals surface area contributed by atoms with Crippen molar-refractivity contribution in [2.45, 2.75) is 23.8 Å². The molecule has 0 saturated heterocycles. The fourth-order valence-electron chi connectivity index (χ4n) is 2.46. The van der Waals surface area contributed by atoms with Gasteiger partial charge >= 0.3 is 0 Å². The first-order valence-corrected chi connectivity index (χ1v) is 11.1. The number of carbonyl (C=O) groups excluding carboxylic acids is 1. The molecule has 0 unspecified atom stereocenters. The predicted octanol–water partition coefficient (Wildman–Crippen LogP) is 2.33. The minimum absolute atomic E-state index is 0.133. The Morgan fingerprint density at radius 3 is 2.41 bits per heavy atom. The molecule has 2 aromatic carbocycles. The van der Waals surface area contributed by atoms with Crippen molar-refractivity contribution in [3.63, 3.8) is 0 Å². The number of methoxy groups -OCH3 is 1. The molecule has 0 fully saturated rings. The zero-order chi connectivity index (χ0) is 19.7. The highest BCUT2D eigenvalue weighted by Crippen LogP contribution is 2.14. The number of benzene rings is 2. The Kier molecular flexibility index (Phi) is 8.68. The summed E-state index contributed by atoms with van der Waals surface area (Å²) in [6, 6.07) is 14.9. The molecule has 1 amide bonds. The summed E-state index contributed by atoms with van der Waals surface area (Å²) in [5.41, 5.74) is 0.875. The van der Waals surface area contributed by atoms with E-state index >= 15 is 0 Å². The van der Waals surface area contributed by atoms with Crippen LogP contribution in [0.5, 0.6) is 0 Å². The van der Waals surface area contributed by atoms with E-state index in [1.165, 1.54) is 12.1 Å². The molecule has 0 spiro atoms. The fraction of sp³-hybridized carbons (Fsp3) is 0.316. The van der Waals surface area contributed by atoms with Gasteiger partial charge in [-0.05, 0) is 65.3 Å². The molecule has 8 heteroatoms. The van der Waals surface area contributed by atoms with Gasteiger partial charge in [-0.2, -0.15) is 4.72 Å². The zero-order valence-electron chi connectivity index (χ0n) is 15.0. The smallest absolute Gasteiger partial charge is 0.241 e. The van der Waals surface area contributed by atoms with Crippen LogP contribution in [-0.4, -0.2) is 40.6 Å². The topological polar surface area (TPSA) is 84.5 Å². The molecule has 27 heavy (non-hydrogen) atoms. The van der Waals surface area contributed by atoms with Gasteiger partial charge in [0.25, 0.3) is 0 Å². The van der Waals surface area contributed by atoms with Crippen LogP contribution in [0.2, 0.25) is 0 Å². The van der Waals surface area contributed by atoms with Gasteiger partial charge in [-0.1, -0.05) is 30.3 Å². The highest BCUT2D eigenvalue weighted by molar-refractivity contribution is 14.1. The first-order chi connectivity index (χ1) is 12.9. The maximum atomic E-state index is 12.7. The van der Waals surface area contributed by atoms with Crippen LogP contribution in [0.4, 0.5) is 0 Å². The highest BCUT2D eigenvalue weighted by atomic mass is 127. The standard InChI is InChI=1S/C19H23IN2O4S/c1-26-13-5-12-21-19(23)18(14-15-6-3-2-4-7-15)22-27(24,25)17-10-8-16(20)9-11-17/h2-4,6-11,18,22H,5,12-14H2,1H3,(H,21,23)/t18-/m0/s1. The lowest BCUT2D eigenvalue weighted by molar-refractivity contribution is -0.122. The molecule has 0 aliphatic heterocycles. The van der Waals surface area contributed by atoms with Gasteiger partial charge in [0.1, 0.15) is 6.04 Å². The lowest BCUT2D eigenvalue weighted by Crippen LogP contribution is -2.48. The van der Waals surface area contributed by atoms with Crippen molar-refractivity contribution in [3.8, 4) is 0 Å². The van der Waals surface area contributed by atoms with Gasteiger partial charge in [-0.15, -0.1) is 0 Å². The molecule has 6 nitrogen and oxygen atoms in total. The average Bonchev–Trinajstić information content (AvgIpc) is 2.65. The van der Waals surface area contributed by atoms with Gasteiger partial charge < -0.3 is 10.1 Å². The monoisotopic (exact) mass is 502 g/mol. The Morgan fingerprint density at radius 1 is 1.11 bits per heavy atom. The van der Waals surface area contributed by atoms with Crippen LogP contribution in [0.15, 0.2) is 59.5 Å². The third-order valence-electron chi connectivity index (χ3n) is 3.84. The van der Waals surface area contributed by atoms with Crippen LogP contribution in [-0.2, 0) is 26.0 Å². The molecule has 1 atom stereocenters. The number of nitrogens with one attached hydrogen (secondary N) is 2. The summed E-state index contributed by atoms with van der Waals surface area (Å²) in [5.74, 6) is -0.357. The van der Waals surface area contributed by atoms with Crippen molar-refractivity contribution < 1.29 is 17.9 Å². The second-order valence-corrected chi connectivity index (χ2v) is 8.91. The van der Waals surface area contributed by atoms with Gasteiger partial charge in [-0.3, -0.25) is 4.79 Å². The molecule has 0 bridgehead atoms. The molecule has 2 N–H and O–H groups in total. The quantitative estimate of drug-likeness (QED) is 0.386. The van der Waals surface area contributed by atoms with E-state index in [1.54, 1.807) is 19.2 Å². The summed E-state index contributed by atoms with van der Waals surface area (Å²) in [4.78, 5) is 12.7. The number of hydrogen-bond acceptors (Lipinski definition) is 4. The first kappa shape index (κ1) is 21.8. The molecule has 0 aliphatic carbocycles. The third-order valence-corrected chi connectivity index (χ3v) is 6.05. The first-order valence-electron chi connectivity index (χ1n) is 8.51. The lowest BCUT2D eigenvalue weighted by Gasteiger charge is -2.19. The van der Waals surface area contributed by atoms with Gasteiger partial charge in [0.2, 0.25) is 15.9 Å². The summed E-state index contributed by atoms with van der Waals surface area (Å²) in [6.45, 7) is 0.946. The van der Waals surface area contributed by atoms with E-state index < -0.39 is 16.1 Å². The van der Waals surface area contributed by atoms with Crippen molar-refractivity contribution in [1.29, 1.82) is 0 Å². The van der Waals surface area contributed by atoms with Crippen LogP contribution < -0.4 is 10.0 Å². The molecule has 0 saturated carbocycles. The number of ether oxygens (including phenoxy) is 1. The maximum Gasteiger partial charge on any atom is 0.241 e. The molecule has 0 heterocycles. The van der Waals surface area contributed by atoms with Crippen LogP contribution in [0, 0.1) is 3.57 Å². The Bertz CT molecular complexity index is 827. The van der Waals surface area contributed by atoms with Crippen molar-refractivity contribution in [3.05, 3.63) is 63.7 Å². The molecule has 0 radical (unpaired) electrons. The van der Waals surface area contributed by atoms with E-state index in [0.29, 0.717) is 19.6 Å². The van der Waals surface area contributed by atoms with E-state index in [9.17, 15) is 13.2 Å². The summed E-state index contributed by atoms with van der Waals surface area (Å²) in [6.07, 6.45) is 0.921. The molecular weight excluding hydrogens is 479 g/mol. The summed E-state index contributed by atoms with van der Waals surface area (Å²) < 4.78 is 33.9. The maximum absolute atomic E-state index is 12.7. The Morgan fingerprint density at radius 2 is 1.78 bits per heavy atom. The van der Waals surface area contributed by atoms with Crippen LogP contribution in [0.25, 0.3) is 0 Å². The zero-order valence-corrected chi connectivity index (χ0v) is 18.0. The van der Waals surface area contributed by atoms with Crippen molar-refractivity contribution in [2.75, 3.05) is 20.3 Å². The van der Waals surface area contributed by atoms with E-state index in [0.717, 1.165) is 9.13 Å². The van der Waals surface area contributed by atoms with Gasteiger partial charge in [-0.25, -0.2) is 8.42 Å². The Balaban J connectivity index is 2.15. The van der Waals surface area contributed by atoms with Gasteiger partial charge in [0, 0.05) is 23.8 Å². The molecular formula is C19H23IN2O4S. The molecule has 2 rings (SSSR count). The number of sulfonamides is 1. The van der Waals surface area contributed by atoms with Crippen LogP contribution in [0.1, 0.15) is 12.0 Å². The predicted molar refractivity (Wildman–Crippen MR) is 113 cm³/mol. The highest BCUT2D eigenvalue weighted by Gasteiger charge is 2.25. The number of amides is 1. The van der Waals surface area contributed by atoms with Crippen LogP contribution in [0.3, 0.4) is 0 Å². The minimum atomic E-state index is -3.82. The van der Waals surface area contributed by atoms with Crippen molar-refractivity contribution in [1.82, 2.24) is 10.0 Å². The molecule has 2 aromatic rings. The minimum Gasteiger partial charge on any atom is -0.385 e. The van der Waals surface area contributed by atoms with Crippen molar-refractivity contribution in [2.24, 2.45) is 0 Å². The molecule has 0 aromatic heterocycles. The molecule has 0 aliphatic rings. The normalized spacial score (nSPS) is 12.5. The van der Waals surface area contributed by atoms with Crippen molar-refractivity contribution >= 4 is 38.5 Å². The third kappa shape index (κ3) is 7.21. The van der Waals surface area contributed by atoms with Crippen LogP contribution >= 0.6 is 22.6 Å². The number of halogens is 1. The van der Waals surface area contributed by atoms with Gasteiger partial charge in [0.05, 0.1) is 4.90 Å². The fourth-order valence-corrected chi connectivity index (χ4v) is 4.01. The number of carbonyl (C=O) groups is 1. The van der Waals surface area contributed by atoms with E-state index in [1.807, 2.05) is 30.3 Å². The summed E-state index contributed by atoms with van der Waals surface area (Å²) >= 11 is 2.11.